The fourth-order valence-electron chi connectivity index (χ4n) is 1.57. The lowest BCUT2D eigenvalue weighted by molar-refractivity contribution is 0.0996. The molecule has 0 aliphatic heterocycles. The summed E-state index contributed by atoms with van der Waals surface area (Å²) >= 11 is 1.06. The van der Waals surface area contributed by atoms with Crippen molar-refractivity contribution >= 4 is 17.3 Å². The fourth-order valence-corrected chi connectivity index (χ4v) is 2.16. The number of aromatic nitrogens is 2. The number of ether oxygens (including phenoxy) is 1. The molecular weight excluding hydrogens is 255 g/mol. The first kappa shape index (κ1) is 12.6. The Balaban J connectivity index is 2.17. The first-order chi connectivity index (χ1) is 8.61. The third-order valence-corrected chi connectivity index (χ3v) is 3.35. The van der Waals surface area contributed by atoms with Crippen molar-refractivity contribution in [3.8, 4) is 5.75 Å². The maximum absolute atomic E-state index is 13.5. The van der Waals surface area contributed by atoms with Crippen LogP contribution in [0.1, 0.15) is 20.9 Å². The number of hydrogen-bond donors (Lipinski definition) is 0. The molecule has 1 aromatic heterocycles. The molecule has 0 bridgehead atoms. The predicted octanol–water partition coefficient (Wildman–Crippen LogP) is 2.42. The van der Waals surface area contributed by atoms with E-state index in [1.54, 1.807) is 13.0 Å². The topological polar surface area (TPSA) is 52.1 Å². The number of carbonyl (C=O) groups is 1. The molecule has 0 aliphatic carbocycles. The highest BCUT2D eigenvalue weighted by Crippen LogP contribution is 2.19. The zero-order chi connectivity index (χ0) is 13.1. The van der Waals surface area contributed by atoms with Gasteiger partial charge in [0.15, 0.2) is 17.3 Å². The van der Waals surface area contributed by atoms with Gasteiger partial charge in [0.2, 0.25) is 0 Å². The van der Waals surface area contributed by atoms with Crippen LogP contribution in [0.15, 0.2) is 18.2 Å². The molecule has 6 heteroatoms. The van der Waals surface area contributed by atoms with Gasteiger partial charge in [-0.15, -0.1) is 5.10 Å². The Hall–Kier alpha value is -1.82. The molecule has 0 unspecified atom stereocenters. The monoisotopic (exact) mass is 266 g/mol. The molecule has 4 nitrogen and oxygen atoms in total. The lowest BCUT2D eigenvalue weighted by Crippen LogP contribution is -2.03. The van der Waals surface area contributed by atoms with Crippen LogP contribution in [0, 0.1) is 12.7 Å². The fraction of sp³-hybridized carbons (Fsp3) is 0.250. The van der Waals surface area contributed by atoms with Crippen molar-refractivity contribution in [1.29, 1.82) is 0 Å². The van der Waals surface area contributed by atoms with Crippen molar-refractivity contribution < 1.29 is 13.9 Å². The normalized spacial score (nSPS) is 10.4. The van der Waals surface area contributed by atoms with Gasteiger partial charge in [0.05, 0.1) is 12.8 Å². The van der Waals surface area contributed by atoms with Crippen LogP contribution in [-0.2, 0) is 6.42 Å². The van der Waals surface area contributed by atoms with Crippen LogP contribution in [-0.4, -0.2) is 22.5 Å². The van der Waals surface area contributed by atoms with Gasteiger partial charge in [-0.1, -0.05) is 10.6 Å². The number of methoxy groups -OCH3 is 1. The second-order valence-electron chi connectivity index (χ2n) is 3.76. The smallest absolute Gasteiger partial charge is 0.180 e. The maximum Gasteiger partial charge on any atom is 0.180 e. The molecule has 0 amide bonds. The van der Waals surface area contributed by atoms with Gasteiger partial charge in [-0.25, -0.2) is 4.39 Å². The largest absolute Gasteiger partial charge is 0.494 e. The second-order valence-corrected chi connectivity index (χ2v) is 4.51. The number of benzene rings is 1. The van der Waals surface area contributed by atoms with E-state index in [0.717, 1.165) is 11.5 Å². The van der Waals surface area contributed by atoms with Crippen LogP contribution >= 0.6 is 11.5 Å². The highest BCUT2D eigenvalue weighted by Gasteiger charge is 2.14. The zero-order valence-electron chi connectivity index (χ0n) is 9.94. The van der Waals surface area contributed by atoms with Gasteiger partial charge in [0, 0.05) is 6.42 Å². The summed E-state index contributed by atoms with van der Waals surface area (Å²) in [6, 6.07) is 4.49. The van der Waals surface area contributed by atoms with Gasteiger partial charge in [-0.3, -0.25) is 4.79 Å². The van der Waals surface area contributed by atoms with Crippen molar-refractivity contribution in [2.45, 2.75) is 13.3 Å². The van der Waals surface area contributed by atoms with E-state index < -0.39 is 5.82 Å². The third kappa shape index (κ3) is 2.53. The van der Waals surface area contributed by atoms with E-state index in [1.165, 1.54) is 19.2 Å². The number of Topliss-reactive ketones (excluding diaryl/α,β-unsaturated/α-hetero) is 1. The summed E-state index contributed by atoms with van der Waals surface area (Å²) in [4.78, 5) is 12.5. The van der Waals surface area contributed by atoms with Crippen molar-refractivity contribution in [3.63, 3.8) is 0 Å². The first-order valence-electron chi connectivity index (χ1n) is 5.26. The van der Waals surface area contributed by atoms with E-state index in [-0.39, 0.29) is 18.0 Å². The van der Waals surface area contributed by atoms with Gasteiger partial charge >= 0.3 is 0 Å². The van der Waals surface area contributed by atoms with Crippen molar-refractivity contribution in [2.24, 2.45) is 0 Å². The van der Waals surface area contributed by atoms with Crippen LogP contribution < -0.4 is 4.74 Å². The molecule has 18 heavy (non-hydrogen) atoms. The number of nitrogens with zero attached hydrogens (tertiary/aromatic N) is 2. The minimum atomic E-state index is -0.470. The highest BCUT2D eigenvalue weighted by atomic mass is 32.1. The molecule has 2 rings (SSSR count). The van der Waals surface area contributed by atoms with Crippen molar-refractivity contribution in [1.82, 2.24) is 9.59 Å². The molecular formula is C12H11FN2O2S. The molecule has 1 aromatic carbocycles. The SMILES string of the molecule is COc1ccc(CC(=O)c2snnc2C)cc1F. The summed E-state index contributed by atoms with van der Waals surface area (Å²) in [7, 11) is 1.40. The molecule has 0 saturated carbocycles. The van der Waals surface area contributed by atoms with Crippen LogP contribution in [0.3, 0.4) is 0 Å². The summed E-state index contributed by atoms with van der Waals surface area (Å²) in [5.41, 5.74) is 1.21. The van der Waals surface area contributed by atoms with E-state index >= 15 is 0 Å². The van der Waals surface area contributed by atoms with Gasteiger partial charge in [0.1, 0.15) is 4.88 Å². The number of rotatable bonds is 4. The predicted molar refractivity (Wildman–Crippen MR) is 65.6 cm³/mol. The zero-order valence-corrected chi connectivity index (χ0v) is 10.8. The number of ketones is 1. The Morgan fingerprint density at radius 3 is 2.83 bits per heavy atom. The Morgan fingerprint density at radius 2 is 2.28 bits per heavy atom. The Bertz CT molecular complexity index is 583. The molecule has 2 aromatic rings. The Kier molecular flexibility index (Phi) is 3.66. The van der Waals surface area contributed by atoms with Gasteiger partial charge in [-0.05, 0) is 36.2 Å². The molecule has 94 valence electrons. The number of hydrogen-bond acceptors (Lipinski definition) is 5. The van der Waals surface area contributed by atoms with Crippen LogP contribution in [0.5, 0.6) is 5.75 Å². The average molecular weight is 266 g/mol. The molecule has 0 fully saturated rings. The van der Waals surface area contributed by atoms with Crippen LogP contribution in [0.25, 0.3) is 0 Å². The highest BCUT2D eigenvalue weighted by molar-refractivity contribution is 7.08. The molecule has 0 N–H and O–H groups in total. The molecule has 0 aliphatic rings. The molecule has 0 atom stereocenters. The molecule has 0 spiro atoms. The van der Waals surface area contributed by atoms with Crippen LogP contribution in [0.2, 0.25) is 0 Å². The number of halogens is 1. The van der Waals surface area contributed by atoms with E-state index in [9.17, 15) is 9.18 Å². The molecule has 0 radical (unpaired) electrons. The second kappa shape index (κ2) is 5.22. The van der Waals surface area contributed by atoms with Gasteiger partial charge in [-0.2, -0.15) is 0 Å². The summed E-state index contributed by atoms with van der Waals surface area (Å²) < 4.78 is 22.0. The lowest BCUT2D eigenvalue weighted by Gasteiger charge is -2.04. The van der Waals surface area contributed by atoms with E-state index in [1.807, 2.05) is 0 Å². The minimum Gasteiger partial charge on any atom is -0.494 e. The van der Waals surface area contributed by atoms with Crippen molar-refractivity contribution in [2.75, 3.05) is 7.11 Å². The summed E-state index contributed by atoms with van der Waals surface area (Å²) in [6.07, 6.45) is 0.131. The van der Waals surface area contributed by atoms with E-state index in [2.05, 4.69) is 9.59 Å². The first-order valence-corrected chi connectivity index (χ1v) is 6.03. The quantitative estimate of drug-likeness (QED) is 0.797. The van der Waals surface area contributed by atoms with Gasteiger partial charge in [0.25, 0.3) is 0 Å². The number of aryl methyl sites for hydroxylation is 1. The lowest BCUT2D eigenvalue weighted by atomic mass is 10.1. The van der Waals surface area contributed by atoms with E-state index in [0.29, 0.717) is 16.1 Å². The van der Waals surface area contributed by atoms with Crippen LogP contribution in [0.4, 0.5) is 4.39 Å². The molecule has 1 heterocycles. The Morgan fingerprint density at radius 1 is 1.50 bits per heavy atom. The van der Waals surface area contributed by atoms with Gasteiger partial charge < -0.3 is 4.74 Å². The number of carbonyl (C=O) groups excluding carboxylic acids is 1. The summed E-state index contributed by atoms with van der Waals surface area (Å²) in [5.74, 6) is -0.407. The maximum atomic E-state index is 13.5. The molecule has 0 saturated heterocycles. The third-order valence-electron chi connectivity index (χ3n) is 2.49. The Labute approximate surface area is 108 Å². The summed E-state index contributed by atoms with van der Waals surface area (Å²) in [6.45, 7) is 1.73. The summed E-state index contributed by atoms with van der Waals surface area (Å²) in [5, 5.41) is 3.78. The minimum absolute atomic E-state index is 0.105. The van der Waals surface area contributed by atoms with E-state index in [4.69, 9.17) is 4.74 Å². The standard InChI is InChI=1S/C12H11FN2O2S/c1-7-12(18-15-14-7)10(16)6-8-3-4-11(17-2)9(13)5-8/h3-5H,6H2,1-2H3. The van der Waals surface area contributed by atoms with Crippen molar-refractivity contribution in [3.05, 3.63) is 40.2 Å². The average Bonchev–Trinajstić information content (AvgIpc) is 2.76.